The zero-order valence-corrected chi connectivity index (χ0v) is 8.74. The van der Waals surface area contributed by atoms with Gasteiger partial charge < -0.3 is 11.1 Å². The van der Waals surface area contributed by atoms with Crippen molar-refractivity contribution in [2.75, 3.05) is 11.9 Å². The summed E-state index contributed by atoms with van der Waals surface area (Å²) >= 11 is 0. The third kappa shape index (κ3) is 1.69. The third-order valence-corrected chi connectivity index (χ3v) is 2.91. The van der Waals surface area contributed by atoms with E-state index in [0.717, 1.165) is 25.2 Å². The van der Waals surface area contributed by atoms with E-state index in [1.165, 1.54) is 4.63 Å². The lowest BCUT2D eigenvalue weighted by atomic mass is 9.81. The van der Waals surface area contributed by atoms with Crippen LogP contribution in [-0.2, 0) is 0 Å². The SMILES string of the molecule is NC1CC(CNc2ccc3nnnn3n2)C1. The van der Waals surface area contributed by atoms with Gasteiger partial charge in [0.15, 0.2) is 5.65 Å². The van der Waals surface area contributed by atoms with Crippen LogP contribution < -0.4 is 11.1 Å². The van der Waals surface area contributed by atoms with E-state index in [4.69, 9.17) is 5.73 Å². The maximum atomic E-state index is 5.72. The maximum absolute atomic E-state index is 5.72. The minimum absolute atomic E-state index is 0.391. The third-order valence-electron chi connectivity index (χ3n) is 2.91. The molecule has 1 fully saturated rings. The molecule has 2 aromatic rings. The highest BCUT2D eigenvalue weighted by Gasteiger charge is 2.25. The van der Waals surface area contributed by atoms with Gasteiger partial charge in [-0.25, -0.2) is 0 Å². The second kappa shape index (κ2) is 3.67. The van der Waals surface area contributed by atoms with Crippen molar-refractivity contribution in [3.8, 4) is 0 Å². The standard InChI is InChI=1S/C9H13N7/c10-7-3-6(4-7)5-11-8-1-2-9-12-14-15-16(9)13-8/h1-2,6-7H,3-5,10H2,(H,11,13). The fourth-order valence-corrected chi connectivity index (χ4v) is 1.95. The van der Waals surface area contributed by atoms with Crippen LogP contribution in [0.1, 0.15) is 12.8 Å². The van der Waals surface area contributed by atoms with E-state index in [1.54, 1.807) is 0 Å². The van der Waals surface area contributed by atoms with Crippen LogP contribution in [-0.4, -0.2) is 37.8 Å². The molecule has 0 spiro atoms. The molecule has 7 heteroatoms. The first-order valence-corrected chi connectivity index (χ1v) is 5.36. The summed E-state index contributed by atoms with van der Waals surface area (Å²) in [6.07, 6.45) is 2.19. The number of anilines is 1. The van der Waals surface area contributed by atoms with E-state index in [2.05, 4.69) is 25.9 Å². The summed E-state index contributed by atoms with van der Waals surface area (Å²) in [4.78, 5) is 0. The topological polar surface area (TPSA) is 94.0 Å². The van der Waals surface area contributed by atoms with Crippen molar-refractivity contribution in [3.63, 3.8) is 0 Å². The first kappa shape index (κ1) is 9.46. The highest BCUT2D eigenvalue weighted by Crippen LogP contribution is 2.25. The van der Waals surface area contributed by atoms with Gasteiger partial charge in [0.2, 0.25) is 0 Å². The number of nitrogens with zero attached hydrogens (tertiary/aromatic N) is 5. The summed E-state index contributed by atoms with van der Waals surface area (Å²) in [6.45, 7) is 0.911. The van der Waals surface area contributed by atoms with Crippen molar-refractivity contribution in [2.45, 2.75) is 18.9 Å². The van der Waals surface area contributed by atoms with Gasteiger partial charge in [0, 0.05) is 12.6 Å². The average Bonchev–Trinajstić information content (AvgIpc) is 2.69. The zero-order valence-electron chi connectivity index (χ0n) is 8.74. The van der Waals surface area contributed by atoms with E-state index in [9.17, 15) is 0 Å². The van der Waals surface area contributed by atoms with Gasteiger partial charge in [-0.05, 0) is 41.3 Å². The Kier molecular flexibility index (Phi) is 2.17. The second-order valence-corrected chi connectivity index (χ2v) is 4.22. The minimum Gasteiger partial charge on any atom is -0.368 e. The highest BCUT2D eigenvalue weighted by atomic mass is 15.6. The molecular weight excluding hydrogens is 206 g/mol. The number of rotatable bonds is 3. The van der Waals surface area contributed by atoms with Gasteiger partial charge in [0.25, 0.3) is 0 Å². The summed E-state index contributed by atoms with van der Waals surface area (Å²) in [6, 6.07) is 4.10. The van der Waals surface area contributed by atoms with Crippen LogP contribution >= 0.6 is 0 Å². The fourth-order valence-electron chi connectivity index (χ4n) is 1.95. The van der Waals surface area contributed by atoms with E-state index in [0.29, 0.717) is 17.6 Å². The van der Waals surface area contributed by atoms with E-state index in [-0.39, 0.29) is 0 Å². The van der Waals surface area contributed by atoms with E-state index in [1.807, 2.05) is 12.1 Å². The van der Waals surface area contributed by atoms with Crippen molar-refractivity contribution in [2.24, 2.45) is 11.7 Å². The molecule has 84 valence electrons. The number of nitrogens with one attached hydrogen (secondary N) is 1. The van der Waals surface area contributed by atoms with Gasteiger partial charge >= 0.3 is 0 Å². The summed E-state index contributed by atoms with van der Waals surface area (Å²) in [5.74, 6) is 1.46. The van der Waals surface area contributed by atoms with Crippen molar-refractivity contribution in [1.82, 2.24) is 25.3 Å². The molecule has 7 nitrogen and oxygen atoms in total. The van der Waals surface area contributed by atoms with Crippen LogP contribution in [0.5, 0.6) is 0 Å². The number of hydrogen-bond donors (Lipinski definition) is 2. The first-order chi connectivity index (χ1) is 7.81. The molecule has 0 aliphatic heterocycles. The highest BCUT2D eigenvalue weighted by molar-refractivity contribution is 5.42. The molecule has 16 heavy (non-hydrogen) atoms. The molecule has 1 aliphatic rings. The summed E-state index contributed by atoms with van der Waals surface area (Å²) in [7, 11) is 0. The minimum atomic E-state index is 0.391. The molecule has 0 amide bonds. The summed E-state index contributed by atoms with van der Waals surface area (Å²) in [5, 5.41) is 18.5. The van der Waals surface area contributed by atoms with Crippen LogP contribution in [0.3, 0.4) is 0 Å². The van der Waals surface area contributed by atoms with Crippen molar-refractivity contribution < 1.29 is 0 Å². The number of nitrogens with two attached hydrogens (primary N) is 1. The van der Waals surface area contributed by atoms with Gasteiger partial charge in [-0.15, -0.1) is 14.8 Å². The second-order valence-electron chi connectivity index (χ2n) is 4.22. The average molecular weight is 219 g/mol. The molecule has 1 saturated carbocycles. The molecule has 2 aromatic heterocycles. The Labute approximate surface area is 92.0 Å². The van der Waals surface area contributed by atoms with Crippen LogP contribution in [0.15, 0.2) is 12.1 Å². The Morgan fingerprint density at radius 1 is 1.44 bits per heavy atom. The summed E-state index contributed by atoms with van der Waals surface area (Å²) in [5.41, 5.74) is 6.37. The predicted octanol–water partition coefficient (Wildman–Crippen LogP) is -0.332. The predicted molar refractivity (Wildman–Crippen MR) is 57.8 cm³/mol. The van der Waals surface area contributed by atoms with Crippen LogP contribution in [0.4, 0.5) is 5.82 Å². The molecular formula is C9H13N7. The molecule has 3 rings (SSSR count). The Morgan fingerprint density at radius 2 is 2.31 bits per heavy atom. The van der Waals surface area contributed by atoms with Gasteiger partial charge in [-0.3, -0.25) is 0 Å². The van der Waals surface area contributed by atoms with Crippen LogP contribution in [0, 0.1) is 5.92 Å². The monoisotopic (exact) mass is 219 g/mol. The zero-order chi connectivity index (χ0) is 11.0. The van der Waals surface area contributed by atoms with Crippen LogP contribution in [0.25, 0.3) is 5.65 Å². The number of tetrazole rings is 1. The Balaban J connectivity index is 1.65. The normalized spacial score (nSPS) is 24.3. The van der Waals surface area contributed by atoms with Crippen LogP contribution in [0.2, 0.25) is 0 Å². The Bertz CT molecular complexity index is 487. The lowest BCUT2D eigenvalue weighted by Gasteiger charge is -2.32. The van der Waals surface area contributed by atoms with Gasteiger partial charge in [0.05, 0.1) is 0 Å². The molecule has 0 radical (unpaired) electrons. The quantitative estimate of drug-likeness (QED) is 0.734. The lowest BCUT2D eigenvalue weighted by molar-refractivity contribution is 0.280. The lowest BCUT2D eigenvalue weighted by Crippen LogP contribution is -2.39. The molecule has 0 atom stereocenters. The molecule has 0 aromatic carbocycles. The van der Waals surface area contributed by atoms with Gasteiger partial charge in [-0.1, -0.05) is 0 Å². The number of aromatic nitrogens is 5. The molecule has 0 unspecified atom stereocenters. The van der Waals surface area contributed by atoms with Crippen molar-refractivity contribution in [1.29, 1.82) is 0 Å². The first-order valence-electron chi connectivity index (χ1n) is 5.36. The van der Waals surface area contributed by atoms with Crippen molar-refractivity contribution >= 4 is 11.5 Å². The van der Waals surface area contributed by atoms with Gasteiger partial charge in [-0.2, -0.15) is 0 Å². The molecule has 2 heterocycles. The summed E-state index contributed by atoms with van der Waals surface area (Å²) < 4.78 is 1.41. The van der Waals surface area contributed by atoms with Gasteiger partial charge in [0.1, 0.15) is 5.82 Å². The smallest absolute Gasteiger partial charge is 0.200 e. The Hall–Kier alpha value is -1.76. The fraction of sp³-hybridized carbons (Fsp3) is 0.556. The molecule has 0 bridgehead atoms. The number of hydrogen-bond acceptors (Lipinski definition) is 6. The molecule has 3 N–H and O–H groups in total. The maximum Gasteiger partial charge on any atom is 0.200 e. The largest absolute Gasteiger partial charge is 0.368 e. The molecule has 0 saturated heterocycles. The van der Waals surface area contributed by atoms with Crippen molar-refractivity contribution in [3.05, 3.63) is 12.1 Å². The molecule has 1 aliphatic carbocycles. The Morgan fingerprint density at radius 3 is 3.12 bits per heavy atom. The van der Waals surface area contributed by atoms with E-state index >= 15 is 0 Å². The van der Waals surface area contributed by atoms with E-state index < -0.39 is 0 Å². The number of fused-ring (bicyclic) bond motifs is 1.